The lowest BCUT2D eigenvalue weighted by atomic mass is 10.4. The van der Waals surface area contributed by atoms with Gasteiger partial charge in [-0.15, -0.1) is 0 Å². The van der Waals surface area contributed by atoms with Crippen LogP contribution in [0.1, 0.15) is 0 Å². The van der Waals surface area contributed by atoms with E-state index in [1.54, 1.807) is 12.1 Å². The average molecular weight is 394 g/mol. The molecule has 0 saturated heterocycles. The third-order valence-corrected chi connectivity index (χ3v) is 2.92. The van der Waals surface area contributed by atoms with Gasteiger partial charge >= 0.3 is 0 Å². The van der Waals surface area contributed by atoms with Crippen LogP contribution >= 0.6 is 45.2 Å². The Labute approximate surface area is 94.3 Å². The Hall–Kier alpha value is 0.790. The molecule has 0 aliphatic heterocycles. The van der Waals surface area contributed by atoms with Crippen molar-refractivity contribution < 1.29 is 8.76 Å². The SMILES string of the molecule is O=S(O)c1cc(I)cc(I)c1. The molecule has 0 aliphatic rings. The molecular formula is C6H4I2O2S. The van der Waals surface area contributed by atoms with Crippen molar-refractivity contribution in [1.29, 1.82) is 0 Å². The van der Waals surface area contributed by atoms with E-state index in [4.69, 9.17) is 4.55 Å². The molecule has 1 atom stereocenters. The molecule has 1 aromatic rings. The van der Waals surface area contributed by atoms with E-state index in [0.717, 1.165) is 7.14 Å². The highest BCUT2D eigenvalue weighted by Gasteiger charge is 2.01. The van der Waals surface area contributed by atoms with Crippen molar-refractivity contribution in [3.63, 3.8) is 0 Å². The van der Waals surface area contributed by atoms with Crippen molar-refractivity contribution >= 4 is 56.3 Å². The molecule has 1 aromatic carbocycles. The maximum absolute atomic E-state index is 10.6. The normalized spacial score (nSPS) is 13.0. The third kappa shape index (κ3) is 2.96. The van der Waals surface area contributed by atoms with E-state index in [1.807, 2.05) is 6.07 Å². The van der Waals surface area contributed by atoms with Gasteiger partial charge in [-0.3, -0.25) is 0 Å². The molecule has 0 aliphatic carbocycles. The van der Waals surface area contributed by atoms with Crippen molar-refractivity contribution in [3.05, 3.63) is 25.3 Å². The molecule has 5 heteroatoms. The highest BCUT2D eigenvalue weighted by atomic mass is 127. The van der Waals surface area contributed by atoms with Crippen LogP contribution in [0.15, 0.2) is 23.1 Å². The number of benzene rings is 1. The summed E-state index contributed by atoms with van der Waals surface area (Å²) in [5.41, 5.74) is 0. The molecular weight excluding hydrogens is 390 g/mol. The Balaban J connectivity index is 3.19. The minimum Gasteiger partial charge on any atom is -0.302 e. The highest BCUT2D eigenvalue weighted by Crippen LogP contribution is 2.15. The monoisotopic (exact) mass is 394 g/mol. The number of rotatable bonds is 1. The first kappa shape index (κ1) is 9.87. The lowest BCUT2D eigenvalue weighted by Crippen LogP contribution is -1.89. The van der Waals surface area contributed by atoms with E-state index in [9.17, 15) is 4.21 Å². The summed E-state index contributed by atoms with van der Waals surface area (Å²) in [7, 11) is 0. The minimum absolute atomic E-state index is 0.460. The zero-order valence-electron chi connectivity index (χ0n) is 5.25. The van der Waals surface area contributed by atoms with E-state index >= 15 is 0 Å². The summed E-state index contributed by atoms with van der Waals surface area (Å²) >= 11 is 2.37. The molecule has 1 unspecified atom stereocenters. The van der Waals surface area contributed by atoms with E-state index in [1.165, 1.54) is 0 Å². The van der Waals surface area contributed by atoms with Crippen LogP contribution in [0, 0.1) is 7.14 Å². The van der Waals surface area contributed by atoms with Crippen LogP contribution < -0.4 is 0 Å². The largest absolute Gasteiger partial charge is 0.302 e. The first-order valence-corrected chi connectivity index (χ1v) is 5.93. The molecule has 1 N–H and O–H groups in total. The van der Waals surface area contributed by atoms with Gasteiger partial charge in [-0.05, 0) is 63.4 Å². The first-order valence-electron chi connectivity index (χ1n) is 2.66. The molecule has 0 heterocycles. The third-order valence-electron chi connectivity index (χ3n) is 1.04. The summed E-state index contributed by atoms with van der Waals surface area (Å²) < 4.78 is 21.3. The van der Waals surface area contributed by atoms with Crippen molar-refractivity contribution in [2.75, 3.05) is 0 Å². The first-order chi connectivity index (χ1) is 5.09. The average Bonchev–Trinajstić information content (AvgIpc) is 1.85. The Kier molecular flexibility index (Phi) is 3.72. The van der Waals surface area contributed by atoms with Gasteiger partial charge in [0.1, 0.15) is 0 Å². The maximum Gasteiger partial charge on any atom is 0.186 e. The zero-order valence-corrected chi connectivity index (χ0v) is 10.4. The molecule has 0 fully saturated rings. The Morgan fingerprint density at radius 1 is 1.18 bits per heavy atom. The summed E-state index contributed by atoms with van der Waals surface area (Å²) in [4.78, 5) is 0.460. The highest BCUT2D eigenvalue weighted by molar-refractivity contribution is 14.1. The summed E-state index contributed by atoms with van der Waals surface area (Å²) in [5.74, 6) is 0. The van der Waals surface area contributed by atoms with Gasteiger partial charge in [0.15, 0.2) is 11.1 Å². The molecule has 2 nitrogen and oxygen atoms in total. The molecule has 1 rings (SSSR count). The fourth-order valence-electron chi connectivity index (χ4n) is 0.629. The van der Waals surface area contributed by atoms with Crippen LogP contribution in [-0.2, 0) is 11.1 Å². The molecule has 60 valence electrons. The second kappa shape index (κ2) is 4.15. The minimum atomic E-state index is -1.86. The van der Waals surface area contributed by atoms with Crippen LogP contribution in [0.4, 0.5) is 0 Å². The summed E-state index contributed by atoms with van der Waals surface area (Å²) in [6.45, 7) is 0. The topological polar surface area (TPSA) is 37.3 Å². The second-order valence-corrected chi connectivity index (χ2v) is 5.32. The van der Waals surface area contributed by atoms with Gasteiger partial charge in [0.25, 0.3) is 0 Å². The van der Waals surface area contributed by atoms with Crippen LogP contribution in [0.2, 0.25) is 0 Å². The fourth-order valence-corrected chi connectivity index (χ4v) is 3.45. The lowest BCUT2D eigenvalue weighted by molar-refractivity contribution is 0.564. The Morgan fingerprint density at radius 3 is 2.00 bits per heavy atom. The standard InChI is InChI=1S/C6H4I2O2S/c7-4-1-5(8)3-6(2-4)11(9)10/h1-3H,(H,9,10). The fraction of sp³-hybridized carbons (Fsp3) is 0. The van der Waals surface area contributed by atoms with E-state index in [2.05, 4.69) is 45.2 Å². The van der Waals surface area contributed by atoms with Gasteiger partial charge in [0.2, 0.25) is 0 Å². The molecule has 0 spiro atoms. The second-order valence-electron chi connectivity index (χ2n) is 1.85. The van der Waals surface area contributed by atoms with Crippen molar-refractivity contribution in [2.24, 2.45) is 0 Å². The predicted octanol–water partition coefficient (Wildman–Crippen LogP) is 2.48. The summed E-state index contributed by atoms with van der Waals surface area (Å²) in [6.07, 6.45) is 0. The van der Waals surface area contributed by atoms with Crippen molar-refractivity contribution in [2.45, 2.75) is 4.90 Å². The van der Waals surface area contributed by atoms with Gasteiger partial charge in [-0.25, -0.2) is 4.21 Å². The molecule has 0 amide bonds. The maximum atomic E-state index is 10.6. The van der Waals surface area contributed by atoms with Gasteiger partial charge in [0, 0.05) is 7.14 Å². The van der Waals surface area contributed by atoms with Crippen molar-refractivity contribution in [3.8, 4) is 0 Å². The van der Waals surface area contributed by atoms with Gasteiger partial charge < -0.3 is 4.55 Å². The van der Waals surface area contributed by atoms with E-state index < -0.39 is 11.1 Å². The molecule has 0 aromatic heterocycles. The quantitative estimate of drug-likeness (QED) is 0.588. The Morgan fingerprint density at radius 2 is 1.64 bits per heavy atom. The number of halogens is 2. The van der Waals surface area contributed by atoms with E-state index in [0.29, 0.717) is 4.90 Å². The molecule has 0 radical (unpaired) electrons. The Bertz CT molecular complexity index is 280. The van der Waals surface area contributed by atoms with Crippen molar-refractivity contribution in [1.82, 2.24) is 0 Å². The molecule has 0 saturated carbocycles. The van der Waals surface area contributed by atoms with Crippen LogP contribution in [0.25, 0.3) is 0 Å². The number of hydrogen-bond donors (Lipinski definition) is 1. The smallest absolute Gasteiger partial charge is 0.186 e. The van der Waals surface area contributed by atoms with Crippen LogP contribution in [0.5, 0.6) is 0 Å². The van der Waals surface area contributed by atoms with Gasteiger partial charge in [0.05, 0.1) is 4.90 Å². The zero-order chi connectivity index (χ0) is 8.43. The molecule has 0 bridgehead atoms. The van der Waals surface area contributed by atoms with Crippen LogP contribution in [0.3, 0.4) is 0 Å². The molecule has 11 heavy (non-hydrogen) atoms. The predicted molar refractivity (Wildman–Crippen MR) is 60.9 cm³/mol. The number of hydrogen-bond acceptors (Lipinski definition) is 1. The lowest BCUT2D eigenvalue weighted by Gasteiger charge is -1.97. The summed E-state index contributed by atoms with van der Waals surface area (Å²) in [5, 5.41) is 0. The van der Waals surface area contributed by atoms with Gasteiger partial charge in [-0.1, -0.05) is 0 Å². The van der Waals surface area contributed by atoms with Crippen LogP contribution in [-0.4, -0.2) is 8.76 Å². The van der Waals surface area contributed by atoms with E-state index in [-0.39, 0.29) is 0 Å². The summed E-state index contributed by atoms with van der Waals surface area (Å²) in [6, 6.07) is 5.33. The van der Waals surface area contributed by atoms with Gasteiger partial charge in [-0.2, -0.15) is 0 Å².